The fraction of sp³-hybridized carbons (Fsp3) is 0.238. The number of nitrogens with one attached hydrogen (secondary N) is 2. The first-order valence-electron chi connectivity index (χ1n) is 9.14. The highest BCUT2D eigenvalue weighted by molar-refractivity contribution is 8.00. The van der Waals surface area contributed by atoms with Crippen molar-refractivity contribution >= 4 is 35.4 Å². The number of fused-ring (bicyclic) bond motifs is 1. The zero-order valence-electron chi connectivity index (χ0n) is 15.9. The molecular formula is C21H21N3O4S. The van der Waals surface area contributed by atoms with Gasteiger partial charge < -0.3 is 0 Å². The van der Waals surface area contributed by atoms with E-state index in [0.29, 0.717) is 11.1 Å². The van der Waals surface area contributed by atoms with Crippen molar-refractivity contribution in [2.45, 2.75) is 24.7 Å². The van der Waals surface area contributed by atoms with Crippen LogP contribution in [0.1, 0.15) is 27.9 Å². The minimum atomic E-state index is -0.474. The van der Waals surface area contributed by atoms with E-state index in [-0.39, 0.29) is 37.0 Å². The van der Waals surface area contributed by atoms with Crippen LogP contribution in [0, 0.1) is 6.92 Å². The summed E-state index contributed by atoms with van der Waals surface area (Å²) in [4.78, 5) is 50.5. The number of imide groups is 1. The Morgan fingerprint density at radius 3 is 2.45 bits per heavy atom. The molecule has 29 heavy (non-hydrogen) atoms. The van der Waals surface area contributed by atoms with E-state index in [1.54, 1.807) is 24.3 Å². The number of rotatable bonds is 6. The van der Waals surface area contributed by atoms with E-state index < -0.39 is 11.8 Å². The van der Waals surface area contributed by atoms with Crippen LogP contribution in [0.4, 0.5) is 0 Å². The van der Waals surface area contributed by atoms with Gasteiger partial charge in [0.15, 0.2) is 0 Å². The monoisotopic (exact) mass is 411 g/mol. The van der Waals surface area contributed by atoms with Crippen molar-refractivity contribution in [3.05, 3.63) is 65.2 Å². The molecule has 0 fully saturated rings. The lowest BCUT2D eigenvalue weighted by atomic mass is 9.98. The average molecular weight is 411 g/mol. The zero-order valence-corrected chi connectivity index (χ0v) is 16.8. The van der Waals surface area contributed by atoms with Crippen molar-refractivity contribution in [1.82, 2.24) is 15.8 Å². The summed E-state index contributed by atoms with van der Waals surface area (Å²) in [6.07, 6.45) is 0.0432. The highest BCUT2D eigenvalue weighted by Crippen LogP contribution is 2.20. The highest BCUT2D eigenvalue weighted by Gasteiger charge is 2.30. The Labute approximate surface area is 172 Å². The molecule has 0 atom stereocenters. The van der Waals surface area contributed by atoms with E-state index in [2.05, 4.69) is 10.9 Å². The third kappa shape index (κ3) is 5.45. The van der Waals surface area contributed by atoms with Crippen LogP contribution < -0.4 is 10.9 Å². The summed E-state index contributed by atoms with van der Waals surface area (Å²) < 4.78 is 0. The molecule has 8 heteroatoms. The summed E-state index contributed by atoms with van der Waals surface area (Å²) in [6.45, 7) is 1.95. The van der Waals surface area contributed by atoms with E-state index in [1.807, 2.05) is 31.2 Å². The summed E-state index contributed by atoms with van der Waals surface area (Å²) >= 11 is 1.36. The lowest BCUT2D eigenvalue weighted by Gasteiger charge is -2.26. The normalized spacial score (nSPS) is 13.1. The molecule has 4 amide bonds. The van der Waals surface area contributed by atoms with E-state index in [0.717, 1.165) is 15.4 Å². The number of hydrogen-bond donors (Lipinski definition) is 2. The van der Waals surface area contributed by atoms with Gasteiger partial charge in [-0.15, -0.1) is 11.8 Å². The van der Waals surface area contributed by atoms with Crippen molar-refractivity contribution in [3.63, 3.8) is 0 Å². The van der Waals surface area contributed by atoms with Crippen LogP contribution in [0.2, 0.25) is 0 Å². The molecule has 150 valence electrons. The number of amides is 4. The summed E-state index contributed by atoms with van der Waals surface area (Å²) in [5, 5.41) is 0. The summed E-state index contributed by atoms with van der Waals surface area (Å²) in [5.74, 6) is -1.40. The highest BCUT2D eigenvalue weighted by atomic mass is 32.2. The summed E-state index contributed by atoms with van der Waals surface area (Å²) in [7, 11) is 0. The van der Waals surface area contributed by atoms with Crippen LogP contribution in [0.25, 0.3) is 0 Å². The third-order valence-corrected chi connectivity index (χ3v) is 5.44. The quantitative estimate of drug-likeness (QED) is 0.430. The first-order chi connectivity index (χ1) is 13.9. The second-order valence-corrected chi connectivity index (χ2v) is 7.68. The van der Waals surface area contributed by atoms with Crippen molar-refractivity contribution in [2.75, 3.05) is 12.3 Å². The number of hydrazine groups is 1. The van der Waals surface area contributed by atoms with Gasteiger partial charge in [-0.1, -0.05) is 35.9 Å². The predicted octanol–water partition coefficient (Wildman–Crippen LogP) is 1.85. The molecule has 1 heterocycles. The van der Waals surface area contributed by atoms with Crippen molar-refractivity contribution < 1.29 is 19.2 Å². The van der Waals surface area contributed by atoms with Crippen LogP contribution >= 0.6 is 11.8 Å². The first-order valence-corrected chi connectivity index (χ1v) is 10.1. The van der Waals surface area contributed by atoms with Crippen LogP contribution in [-0.4, -0.2) is 40.8 Å². The van der Waals surface area contributed by atoms with Gasteiger partial charge >= 0.3 is 0 Å². The van der Waals surface area contributed by atoms with Gasteiger partial charge in [-0.2, -0.15) is 0 Å². The molecule has 0 radical (unpaired) electrons. The molecule has 7 nitrogen and oxygen atoms in total. The van der Waals surface area contributed by atoms with E-state index in [9.17, 15) is 19.2 Å². The van der Waals surface area contributed by atoms with Crippen LogP contribution in [-0.2, 0) is 20.8 Å². The SMILES string of the molecule is Cc1ccc(SCC(=O)NNC(=O)CCN2C(=O)Cc3ccccc3C2=O)cc1. The van der Waals surface area contributed by atoms with Gasteiger partial charge in [0, 0.05) is 23.4 Å². The van der Waals surface area contributed by atoms with Gasteiger partial charge in [-0.25, -0.2) is 0 Å². The smallest absolute Gasteiger partial charge is 0.260 e. The Morgan fingerprint density at radius 2 is 1.69 bits per heavy atom. The summed E-state index contributed by atoms with van der Waals surface area (Å²) in [6, 6.07) is 14.7. The molecule has 2 aromatic carbocycles. The lowest BCUT2D eigenvalue weighted by Crippen LogP contribution is -2.46. The van der Waals surface area contributed by atoms with Gasteiger partial charge in [0.2, 0.25) is 17.7 Å². The zero-order chi connectivity index (χ0) is 20.8. The van der Waals surface area contributed by atoms with Crippen LogP contribution in [0.15, 0.2) is 53.4 Å². The predicted molar refractivity (Wildman–Crippen MR) is 109 cm³/mol. The molecule has 2 aromatic rings. The standard InChI is InChI=1S/C21H21N3O4S/c1-14-6-8-16(9-7-14)29-13-19(26)23-22-18(25)10-11-24-20(27)12-15-4-2-3-5-17(15)21(24)28/h2-9H,10-13H2,1H3,(H,22,25)(H,23,26). The van der Waals surface area contributed by atoms with Gasteiger partial charge in [0.05, 0.1) is 12.2 Å². The number of hydrogen-bond acceptors (Lipinski definition) is 5. The lowest BCUT2D eigenvalue weighted by molar-refractivity contribution is -0.130. The number of carbonyl (C=O) groups is 4. The number of aryl methyl sites for hydroxylation is 1. The Balaban J connectivity index is 1.42. The topological polar surface area (TPSA) is 95.6 Å². The minimum absolute atomic E-state index is 0.0359. The number of carbonyl (C=O) groups excluding carboxylic acids is 4. The second-order valence-electron chi connectivity index (χ2n) is 6.63. The number of nitrogens with zero attached hydrogens (tertiary/aromatic N) is 1. The molecule has 0 aromatic heterocycles. The van der Waals surface area contributed by atoms with Gasteiger partial charge in [-0.3, -0.25) is 34.9 Å². The number of thioether (sulfide) groups is 1. The minimum Gasteiger partial charge on any atom is -0.278 e. The molecule has 3 rings (SSSR count). The van der Waals surface area contributed by atoms with Crippen molar-refractivity contribution in [3.8, 4) is 0 Å². The molecule has 1 aliphatic heterocycles. The van der Waals surface area contributed by atoms with E-state index >= 15 is 0 Å². The van der Waals surface area contributed by atoms with Gasteiger partial charge in [-0.05, 0) is 30.7 Å². The van der Waals surface area contributed by atoms with Crippen molar-refractivity contribution in [2.24, 2.45) is 0 Å². The maximum absolute atomic E-state index is 12.4. The molecular weight excluding hydrogens is 390 g/mol. The maximum atomic E-state index is 12.4. The van der Waals surface area contributed by atoms with Crippen LogP contribution in [0.3, 0.4) is 0 Å². The third-order valence-electron chi connectivity index (χ3n) is 4.43. The second kappa shape index (κ2) is 9.38. The fourth-order valence-corrected chi connectivity index (χ4v) is 3.56. The van der Waals surface area contributed by atoms with Crippen LogP contribution in [0.5, 0.6) is 0 Å². The Kier molecular flexibility index (Phi) is 6.66. The van der Waals surface area contributed by atoms with Gasteiger partial charge in [0.25, 0.3) is 5.91 Å². The van der Waals surface area contributed by atoms with E-state index in [1.165, 1.54) is 11.8 Å². The van der Waals surface area contributed by atoms with Crippen molar-refractivity contribution in [1.29, 1.82) is 0 Å². The molecule has 0 aliphatic carbocycles. The average Bonchev–Trinajstić information content (AvgIpc) is 2.71. The summed E-state index contributed by atoms with van der Waals surface area (Å²) in [5.41, 5.74) is 6.97. The Morgan fingerprint density at radius 1 is 1.00 bits per heavy atom. The number of benzene rings is 2. The molecule has 0 bridgehead atoms. The Hall–Kier alpha value is -3.13. The van der Waals surface area contributed by atoms with Gasteiger partial charge in [0.1, 0.15) is 0 Å². The maximum Gasteiger partial charge on any atom is 0.260 e. The molecule has 0 unspecified atom stereocenters. The largest absolute Gasteiger partial charge is 0.278 e. The molecule has 0 saturated carbocycles. The fourth-order valence-electron chi connectivity index (χ4n) is 2.86. The molecule has 2 N–H and O–H groups in total. The Bertz CT molecular complexity index is 943. The molecule has 1 aliphatic rings. The molecule has 0 saturated heterocycles. The van der Waals surface area contributed by atoms with E-state index in [4.69, 9.17) is 0 Å². The molecule has 0 spiro atoms. The first kappa shape index (κ1) is 20.6.